The van der Waals surface area contributed by atoms with Gasteiger partial charge in [-0.25, -0.2) is 4.79 Å². The molecule has 3 rings (SSSR count). The predicted molar refractivity (Wildman–Crippen MR) is 84.0 cm³/mol. The summed E-state index contributed by atoms with van der Waals surface area (Å²) in [5.41, 5.74) is 1.20. The van der Waals surface area contributed by atoms with Gasteiger partial charge in [-0.05, 0) is 35.9 Å². The molecule has 2 aromatic rings. The van der Waals surface area contributed by atoms with Gasteiger partial charge < -0.3 is 14.6 Å². The highest BCUT2D eigenvalue weighted by Crippen LogP contribution is 2.34. The molecule has 2 aromatic carbocycles. The molecule has 0 bridgehead atoms. The molecule has 1 heterocycles. The maximum absolute atomic E-state index is 12.3. The van der Waals surface area contributed by atoms with Gasteiger partial charge >= 0.3 is 5.97 Å². The van der Waals surface area contributed by atoms with E-state index in [0.717, 1.165) is 5.56 Å². The van der Waals surface area contributed by atoms with Gasteiger partial charge in [0.05, 0.1) is 5.56 Å². The monoisotopic (exact) mass is 330 g/mol. The van der Waals surface area contributed by atoms with E-state index in [0.29, 0.717) is 22.1 Å². The molecule has 1 aliphatic rings. The molecule has 0 radical (unpaired) electrons. The van der Waals surface area contributed by atoms with Crippen LogP contribution in [-0.4, -0.2) is 23.5 Å². The fraction of sp³-hybridized carbons (Fsp3) is 0.0588. The zero-order valence-electron chi connectivity index (χ0n) is 11.8. The van der Waals surface area contributed by atoms with Crippen LogP contribution in [0.5, 0.6) is 11.5 Å². The number of aliphatic carboxylic acids is 1. The summed E-state index contributed by atoms with van der Waals surface area (Å²) in [6, 6.07) is 11.6. The summed E-state index contributed by atoms with van der Waals surface area (Å²) >= 11 is 5.82. The highest BCUT2D eigenvalue weighted by molar-refractivity contribution is 6.30. The van der Waals surface area contributed by atoms with Crippen molar-refractivity contribution >= 4 is 29.4 Å². The van der Waals surface area contributed by atoms with E-state index >= 15 is 0 Å². The van der Waals surface area contributed by atoms with Crippen LogP contribution in [0.2, 0.25) is 5.02 Å². The second-order valence-corrected chi connectivity index (χ2v) is 5.27. The van der Waals surface area contributed by atoms with Crippen molar-refractivity contribution in [3.8, 4) is 11.5 Å². The third kappa shape index (κ3) is 3.35. The van der Waals surface area contributed by atoms with Crippen LogP contribution in [0.1, 0.15) is 15.9 Å². The number of halogens is 1. The van der Waals surface area contributed by atoms with Crippen LogP contribution in [0.25, 0.3) is 6.08 Å². The van der Waals surface area contributed by atoms with Crippen LogP contribution in [0, 0.1) is 0 Å². The lowest BCUT2D eigenvalue weighted by Gasteiger charge is -2.04. The fourth-order valence-corrected chi connectivity index (χ4v) is 2.24. The van der Waals surface area contributed by atoms with E-state index in [1.54, 1.807) is 36.4 Å². The van der Waals surface area contributed by atoms with E-state index in [2.05, 4.69) is 0 Å². The van der Waals surface area contributed by atoms with Gasteiger partial charge in [-0.1, -0.05) is 23.7 Å². The molecule has 5 nitrogen and oxygen atoms in total. The highest BCUT2D eigenvalue weighted by Gasteiger charge is 2.27. The number of hydrogen-bond donors (Lipinski definition) is 1. The van der Waals surface area contributed by atoms with Crippen molar-refractivity contribution in [1.82, 2.24) is 0 Å². The predicted octanol–water partition coefficient (Wildman–Crippen LogP) is 3.42. The second-order valence-electron chi connectivity index (χ2n) is 4.83. The van der Waals surface area contributed by atoms with Crippen molar-refractivity contribution in [1.29, 1.82) is 0 Å². The van der Waals surface area contributed by atoms with Gasteiger partial charge in [-0.2, -0.15) is 0 Å². The SMILES string of the molecule is O=C(O)COc1ccc2c(c1)OC(=Cc1ccc(Cl)cc1)C2=O. The Bertz CT molecular complexity index is 808. The minimum atomic E-state index is -1.08. The number of fused-ring (bicyclic) bond motifs is 1. The Hall–Kier alpha value is -2.79. The molecule has 0 atom stereocenters. The van der Waals surface area contributed by atoms with E-state index in [4.69, 9.17) is 26.2 Å². The quantitative estimate of drug-likeness (QED) is 0.870. The summed E-state index contributed by atoms with van der Waals surface area (Å²) < 4.78 is 10.6. The number of ether oxygens (including phenoxy) is 2. The third-order valence-electron chi connectivity index (χ3n) is 3.17. The first-order chi connectivity index (χ1) is 11.0. The van der Waals surface area contributed by atoms with Gasteiger partial charge in [0, 0.05) is 11.1 Å². The number of hydrogen-bond acceptors (Lipinski definition) is 4. The molecule has 6 heteroatoms. The van der Waals surface area contributed by atoms with Crippen molar-refractivity contribution in [2.75, 3.05) is 6.61 Å². The van der Waals surface area contributed by atoms with Crippen LogP contribution in [0.15, 0.2) is 48.2 Å². The van der Waals surface area contributed by atoms with Gasteiger partial charge in [0.15, 0.2) is 12.4 Å². The molecule has 0 unspecified atom stereocenters. The Morgan fingerprint density at radius 1 is 1.22 bits per heavy atom. The minimum absolute atomic E-state index is 0.192. The summed E-state index contributed by atoms with van der Waals surface area (Å²) in [5, 5.41) is 9.21. The molecule has 1 N–H and O–H groups in total. The first-order valence-corrected chi connectivity index (χ1v) is 7.09. The van der Waals surface area contributed by atoms with Gasteiger partial charge in [0.1, 0.15) is 11.5 Å². The summed E-state index contributed by atoms with van der Waals surface area (Å²) in [7, 11) is 0. The molecule has 116 valence electrons. The molecule has 0 spiro atoms. The average Bonchev–Trinajstić information content (AvgIpc) is 2.83. The zero-order valence-corrected chi connectivity index (χ0v) is 12.5. The van der Waals surface area contributed by atoms with E-state index < -0.39 is 12.6 Å². The lowest BCUT2D eigenvalue weighted by atomic mass is 10.1. The third-order valence-corrected chi connectivity index (χ3v) is 3.42. The standard InChI is InChI=1S/C17H11ClO5/c18-11-3-1-10(2-4-11)7-15-17(21)13-6-5-12(8-14(13)23-15)22-9-16(19)20/h1-8H,9H2,(H,19,20). The Kier molecular flexibility index (Phi) is 4.04. The van der Waals surface area contributed by atoms with E-state index in [9.17, 15) is 9.59 Å². The molecule has 0 amide bonds. The topological polar surface area (TPSA) is 72.8 Å². The second kappa shape index (κ2) is 6.14. The number of carbonyl (C=O) groups is 2. The van der Waals surface area contributed by atoms with Crippen molar-refractivity contribution in [3.05, 3.63) is 64.4 Å². The normalized spacial score (nSPS) is 14.5. The lowest BCUT2D eigenvalue weighted by molar-refractivity contribution is -0.139. The fourth-order valence-electron chi connectivity index (χ4n) is 2.11. The number of carboxylic acid groups (broad SMARTS) is 1. The molecule has 0 fully saturated rings. The molecule has 0 saturated heterocycles. The molecule has 1 aliphatic heterocycles. The molecule has 0 aromatic heterocycles. The Morgan fingerprint density at radius 2 is 1.96 bits per heavy atom. The van der Waals surface area contributed by atoms with Gasteiger partial charge in [-0.15, -0.1) is 0 Å². The number of Topliss-reactive ketones (excluding diaryl/α,β-unsaturated/α-hetero) is 1. The average molecular weight is 331 g/mol. The largest absolute Gasteiger partial charge is 0.482 e. The Balaban J connectivity index is 1.83. The summed E-state index contributed by atoms with van der Waals surface area (Å²) in [5.74, 6) is -0.451. The van der Waals surface area contributed by atoms with Gasteiger partial charge in [0.25, 0.3) is 0 Å². The maximum Gasteiger partial charge on any atom is 0.341 e. The molecular formula is C17H11ClO5. The van der Waals surface area contributed by atoms with E-state index in [1.807, 2.05) is 0 Å². The summed E-state index contributed by atoms with van der Waals surface area (Å²) in [6.45, 7) is -0.458. The molecule has 0 saturated carbocycles. The van der Waals surface area contributed by atoms with E-state index in [-0.39, 0.29) is 11.5 Å². The molecular weight excluding hydrogens is 320 g/mol. The van der Waals surface area contributed by atoms with Crippen LogP contribution < -0.4 is 9.47 Å². The zero-order chi connectivity index (χ0) is 16.4. The van der Waals surface area contributed by atoms with Crippen LogP contribution in [0.4, 0.5) is 0 Å². The first kappa shape index (κ1) is 15.1. The van der Waals surface area contributed by atoms with Crippen LogP contribution in [0.3, 0.4) is 0 Å². The van der Waals surface area contributed by atoms with Crippen LogP contribution >= 0.6 is 11.6 Å². The summed E-state index contributed by atoms with van der Waals surface area (Å²) in [4.78, 5) is 22.8. The number of carboxylic acids is 1. The van der Waals surface area contributed by atoms with Crippen molar-refractivity contribution < 1.29 is 24.2 Å². The highest BCUT2D eigenvalue weighted by atomic mass is 35.5. The van der Waals surface area contributed by atoms with Crippen molar-refractivity contribution in [2.24, 2.45) is 0 Å². The minimum Gasteiger partial charge on any atom is -0.482 e. The Labute approximate surface area is 136 Å². The first-order valence-electron chi connectivity index (χ1n) is 6.71. The maximum atomic E-state index is 12.3. The number of benzene rings is 2. The number of ketones is 1. The number of allylic oxidation sites excluding steroid dienone is 1. The van der Waals surface area contributed by atoms with E-state index in [1.165, 1.54) is 12.1 Å². The van der Waals surface area contributed by atoms with Gasteiger partial charge in [-0.3, -0.25) is 4.79 Å². The number of rotatable bonds is 4. The van der Waals surface area contributed by atoms with Gasteiger partial charge in [0.2, 0.25) is 5.78 Å². The number of carbonyl (C=O) groups excluding carboxylic acids is 1. The van der Waals surface area contributed by atoms with Crippen LogP contribution in [-0.2, 0) is 4.79 Å². The molecule has 23 heavy (non-hydrogen) atoms. The molecule has 0 aliphatic carbocycles. The Morgan fingerprint density at radius 3 is 2.65 bits per heavy atom. The lowest BCUT2D eigenvalue weighted by Crippen LogP contribution is -2.09. The summed E-state index contributed by atoms with van der Waals surface area (Å²) in [6.07, 6.45) is 1.62. The van der Waals surface area contributed by atoms with Crippen molar-refractivity contribution in [3.63, 3.8) is 0 Å². The smallest absolute Gasteiger partial charge is 0.341 e. The van der Waals surface area contributed by atoms with Crippen molar-refractivity contribution in [2.45, 2.75) is 0 Å².